The van der Waals surface area contributed by atoms with E-state index in [1.54, 1.807) is 6.92 Å². The molecule has 0 saturated heterocycles. The Morgan fingerprint density at radius 1 is 1.36 bits per heavy atom. The molecule has 0 aliphatic heterocycles. The van der Waals surface area contributed by atoms with Gasteiger partial charge >= 0.3 is 5.97 Å². The molecule has 0 bridgehead atoms. The first-order valence-corrected chi connectivity index (χ1v) is 3.05. The van der Waals surface area contributed by atoms with Crippen molar-refractivity contribution in [2.45, 2.75) is 6.92 Å². The Labute approximate surface area is 65.5 Å². The third kappa shape index (κ3) is 4.02. The summed E-state index contributed by atoms with van der Waals surface area (Å²) in [5.74, 6) is -0.553. The van der Waals surface area contributed by atoms with Crippen LogP contribution in [0.25, 0.3) is 0 Å². The normalized spacial score (nSPS) is 12.9. The van der Waals surface area contributed by atoms with Gasteiger partial charge in [0.25, 0.3) is 0 Å². The van der Waals surface area contributed by atoms with E-state index in [1.165, 1.54) is 19.3 Å². The van der Waals surface area contributed by atoms with Crippen LogP contribution in [0.15, 0.2) is 23.5 Å². The molecule has 11 heavy (non-hydrogen) atoms. The first-order valence-electron chi connectivity index (χ1n) is 3.05. The van der Waals surface area contributed by atoms with Gasteiger partial charge in [-0.3, -0.25) is 0 Å². The van der Waals surface area contributed by atoms with Gasteiger partial charge < -0.3 is 16.2 Å². The molecular formula is C7H12N2O2. The van der Waals surface area contributed by atoms with Crippen LogP contribution < -0.4 is 11.5 Å². The largest absolute Gasteiger partial charge is 0.464 e. The predicted octanol–water partition coefficient (Wildman–Crippen LogP) is -0.135. The molecule has 62 valence electrons. The number of nitrogens with two attached hydrogens (primary N) is 2. The van der Waals surface area contributed by atoms with Crippen LogP contribution in [0, 0.1) is 0 Å². The third-order valence-corrected chi connectivity index (χ3v) is 0.947. The molecule has 0 fully saturated rings. The lowest BCUT2D eigenvalue weighted by Gasteiger charge is -1.95. The maximum atomic E-state index is 10.6. The van der Waals surface area contributed by atoms with E-state index in [0.29, 0.717) is 5.70 Å². The number of esters is 1. The van der Waals surface area contributed by atoms with Crippen LogP contribution >= 0.6 is 0 Å². The van der Waals surface area contributed by atoms with E-state index >= 15 is 0 Å². The highest BCUT2D eigenvalue weighted by Gasteiger charge is 2.00. The lowest BCUT2D eigenvalue weighted by molar-refractivity contribution is -0.136. The molecule has 0 aromatic heterocycles. The highest BCUT2D eigenvalue weighted by Crippen LogP contribution is 1.90. The van der Waals surface area contributed by atoms with Crippen LogP contribution in [-0.4, -0.2) is 13.1 Å². The number of hydrogen-bond acceptors (Lipinski definition) is 4. The van der Waals surface area contributed by atoms with Crippen LogP contribution in [0.5, 0.6) is 0 Å². The first-order chi connectivity index (χ1) is 5.07. The molecule has 0 aromatic rings. The summed E-state index contributed by atoms with van der Waals surface area (Å²) in [5, 5.41) is 0. The summed E-state index contributed by atoms with van der Waals surface area (Å²) in [5.41, 5.74) is 11.2. The van der Waals surface area contributed by atoms with Crippen molar-refractivity contribution in [2.24, 2.45) is 11.5 Å². The fourth-order valence-electron chi connectivity index (χ4n) is 0.407. The molecule has 0 heterocycles. The van der Waals surface area contributed by atoms with Gasteiger partial charge in [0.15, 0.2) is 0 Å². The minimum atomic E-state index is -0.553. The molecule has 4 nitrogen and oxygen atoms in total. The van der Waals surface area contributed by atoms with Crippen LogP contribution in [-0.2, 0) is 9.53 Å². The molecule has 0 aliphatic carbocycles. The van der Waals surface area contributed by atoms with Crippen molar-refractivity contribution in [1.82, 2.24) is 0 Å². The molecule has 0 radical (unpaired) electrons. The van der Waals surface area contributed by atoms with E-state index in [9.17, 15) is 4.79 Å². The number of ether oxygens (including phenoxy) is 1. The number of carbonyl (C=O) groups is 1. The third-order valence-electron chi connectivity index (χ3n) is 0.947. The summed E-state index contributed by atoms with van der Waals surface area (Å²) in [4.78, 5) is 10.6. The average Bonchev–Trinajstić information content (AvgIpc) is 1.98. The Morgan fingerprint density at radius 3 is 2.27 bits per heavy atom. The monoisotopic (exact) mass is 156 g/mol. The Kier molecular flexibility index (Phi) is 3.80. The van der Waals surface area contributed by atoms with Gasteiger partial charge in [0.05, 0.1) is 7.11 Å². The summed E-state index contributed by atoms with van der Waals surface area (Å²) >= 11 is 0. The van der Waals surface area contributed by atoms with Crippen LogP contribution in [0.4, 0.5) is 0 Å². The SMILES string of the molecule is COC(=O)/C(N)=C/C=C(/C)N. The highest BCUT2D eigenvalue weighted by molar-refractivity contribution is 5.87. The second-order valence-electron chi connectivity index (χ2n) is 2.02. The molecule has 0 saturated carbocycles. The average molecular weight is 156 g/mol. The van der Waals surface area contributed by atoms with Crippen molar-refractivity contribution in [3.05, 3.63) is 23.5 Å². The predicted molar refractivity (Wildman–Crippen MR) is 42.2 cm³/mol. The van der Waals surface area contributed by atoms with Gasteiger partial charge in [0.1, 0.15) is 5.70 Å². The van der Waals surface area contributed by atoms with Crippen LogP contribution in [0.3, 0.4) is 0 Å². The fourth-order valence-corrected chi connectivity index (χ4v) is 0.407. The second-order valence-corrected chi connectivity index (χ2v) is 2.02. The Balaban J connectivity index is 4.23. The van der Waals surface area contributed by atoms with E-state index in [-0.39, 0.29) is 5.70 Å². The van der Waals surface area contributed by atoms with Crippen LogP contribution in [0.1, 0.15) is 6.92 Å². The molecule has 0 amide bonds. The lowest BCUT2D eigenvalue weighted by atomic mass is 10.3. The molecule has 0 spiro atoms. The molecule has 0 aromatic carbocycles. The number of methoxy groups -OCH3 is 1. The molecule has 0 unspecified atom stereocenters. The van der Waals surface area contributed by atoms with Crippen molar-refractivity contribution in [2.75, 3.05) is 7.11 Å². The van der Waals surface area contributed by atoms with Gasteiger partial charge in [-0.2, -0.15) is 0 Å². The molecule has 4 N–H and O–H groups in total. The molecule has 4 heteroatoms. The number of hydrogen-bond donors (Lipinski definition) is 2. The summed E-state index contributed by atoms with van der Waals surface area (Å²) < 4.78 is 4.34. The molecular weight excluding hydrogens is 144 g/mol. The summed E-state index contributed by atoms with van der Waals surface area (Å²) in [6.07, 6.45) is 2.94. The number of rotatable bonds is 2. The number of carbonyl (C=O) groups excluding carboxylic acids is 1. The zero-order chi connectivity index (χ0) is 8.85. The topological polar surface area (TPSA) is 78.3 Å². The van der Waals surface area contributed by atoms with E-state index < -0.39 is 5.97 Å². The quantitative estimate of drug-likeness (QED) is 0.331. The van der Waals surface area contributed by atoms with E-state index in [1.807, 2.05) is 0 Å². The molecule has 0 aliphatic rings. The van der Waals surface area contributed by atoms with Gasteiger partial charge in [0.2, 0.25) is 0 Å². The highest BCUT2D eigenvalue weighted by atomic mass is 16.5. The standard InChI is InChI=1S/C7H12N2O2/c1-5(8)3-4-6(9)7(10)11-2/h3-4H,8-9H2,1-2H3/b5-3-,6-4-. The second kappa shape index (κ2) is 4.38. The molecule has 0 rings (SSSR count). The van der Waals surface area contributed by atoms with Gasteiger partial charge in [-0.25, -0.2) is 4.79 Å². The Hall–Kier alpha value is -1.45. The van der Waals surface area contributed by atoms with E-state index in [4.69, 9.17) is 11.5 Å². The van der Waals surface area contributed by atoms with Gasteiger partial charge in [0, 0.05) is 5.70 Å². The zero-order valence-electron chi connectivity index (χ0n) is 6.63. The van der Waals surface area contributed by atoms with Crippen molar-refractivity contribution in [3.63, 3.8) is 0 Å². The number of allylic oxidation sites excluding steroid dienone is 3. The van der Waals surface area contributed by atoms with Gasteiger partial charge in [-0.1, -0.05) is 0 Å². The summed E-state index contributed by atoms with van der Waals surface area (Å²) in [6, 6.07) is 0. The first kappa shape index (κ1) is 9.55. The van der Waals surface area contributed by atoms with Crippen molar-refractivity contribution in [3.8, 4) is 0 Å². The lowest BCUT2D eigenvalue weighted by Crippen LogP contribution is -2.12. The Morgan fingerprint density at radius 2 is 1.91 bits per heavy atom. The zero-order valence-corrected chi connectivity index (χ0v) is 6.63. The maximum absolute atomic E-state index is 10.6. The Bertz CT molecular complexity index is 202. The van der Waals surface area contributed by atoms with Crippen molar-refractivity contribution >= 4 is 5.97 Å². The van der Waals surface area contributed by atoms with Crippen molar-refractivity contribution in [1.29, 1.82) is 0 Å². The van der Waals surface area contributed by atoms with Gasteiger partial charge in [-0.15, -0.1) is 0 Å². The summed E-state index contributed by atoms with van der Waals surface area (Å²) in [7, 11) is 1.27. The summed E-state index contributed by atoms with van der Waals surface area (Å²) in [6.45, 7) is 1.70. The van der Waals surface area contributed by atoms with E-state index in [2.05, 4.69) is 4.74 Å². The van der Waals surface area contributed by atoms with Crippen molar-refractivity contribution < 1.29 is 9.53 Å². The van der Waals surface area contributed by atoms with Crippen LogP contribution in [0.2, 0.25) is 0 Å². The van der Waals surface area contributed by atoms with E-state index in [0.717, 1.165) is 0 Å². The minimum absolute atomic E-state index is 0.0392. The minimum Gasteiger partial charge on any atom is -0.464 e. The smallest absolute Gasteiger partial charge is 0.353 e. The maximum Gasteiger partial charge on any atom is 0.353 e. The molecule has 0 atom stereocenters. The fraction of sp³-hybridized carbons (Fsp3) is 0.286. The van der Waals surface area contributed by atoms with Gasteiger partial charge in [-0.05, 0) is 19.1 Å².